The molecular formula is C16H16N4O2. The predicted octanol–water partition coefficient (Wildman–Crippen LogP) is 2.10. The van der Waals surface area contributed by atoms with E-state index in [4.69, 9.17) is 0 Å². The molecule has 6 nitrogen and oxygen atoms in total. The Labute approximate surface area is 127 Å². The normalized spacial score (nSPS) is 10.8. The maximum atomic E-state index is 12.0. The molecule has 3 rings (SSSR count). The quantitative estimate of drug-likeness (QED) is 0.724. The minimum atomic E-state index is -0.263. The number of imidazole rings is 1. The van der Waals surface area contributed by atoms with Crippen LogP contribution in [0.3, 0.4) is 0 Å². The van der Waals surface area contributed by atoms with Crippen LogP contribution in [0, 0.1) is 6.92 Å². The highest BCUT2D eigenvalue weighted by molar-refractivity contribution is 5.99. The van der Waals surface area contributed by atoms with Gasteiger partial charge in [-0.05, 0) is 37.6 Å². The van der Waals surface area contributed by atoms with Crippen molar-refractivity contribution in [2.45, 2.75) is 20.4 Å². The van der Waals surface area contributed by atoms with Crippen molar-refractivity contribution in [1.82, 2.24) is 19.7 Å². The molecule has 0 aliphatic rings. The molecule has 0 aromatic carbocycles. The Morgan fingerprint density at radius 2 is 2.18 bits per heavy atom. The van der Waals surface area contributed by atoms with Gasteiger partial charge < -0.3 is 14.7 Å². The molecule has 3 heterocycles. The molecule has 0 atom stereocenters. The van der Waals surface area contributed by atoms with Gasteiger partial charge in [0.15, 0.2) is 5.78 Å². The number of carbonyl (C=O) groups is 2. The fraction of sp³-hybridized carbons (Fsp3) is 0.188. The van der Waals surface area contributed by atoms with Gasteiger partial charge in [-0.2, -0.15) is 0 Å². The second kappa shape index (κ2) is 5.48. The van der Waals surface area contributed by atoms with E-state index in [1.165, 1.54) is 13.1 Å². The van der Waals surface area contributed by atoms with E-state index in [-0.39, 0.29) is 11.7 Å². The third-order valence-electron chi connectivity index (χ3n) is 3.43. The monoisotopic (exact) mass is 296 g/mol. The lowest BCUT2D eigenvalue weighted by molar-refractivity contribution is 0.0946. The summed E-state index contributed by atoms with van der Waals surface area (Å²) in [6.45, 7) is 3.80. The summed E-state index contributed by atoms with van der Waals surface area (Å²) in [5, 5.41) is 2.79. The molecular weight excluding hydrogens is 280 g/mol. The summed E-state index contributed by atoms with van der Waals surface area (Å²) in [5.74, 6) is -0.341. The Morgan fingerprint density at radius 1 is 1.36 bits per heavy atom. The van der Waals surface area contributed by atoms with Crippen LogP contribution in [-0.4, -0.2) is 26.1 Å². The maximum Gasteiger partial charge on any atom is 0.268 e. The molecule has 6 heteroatoms. The van der Waals surface area contributed by atoms with E-state index in [0.717, 1.165) is 16.9 Å². The second-order valence-electron chi connectivity index (χ2n) is 5.24. The number of nitrogens with zero attached hydrogens (tertiary/aromatic N) is 2. The minimum absolute atomic E-state index is 0.0778. The summed E-state index contributed by atoms with van der Waals surface area (Å²) >= 11 is 0. The first-order chi connectivity index (χ1) is 10.5. The van der Waals surface area contributed by atoms with E-state index in [2.05, 4.69) is 15.3 Å². The number of hydrogen-bond donors (Lipinski definition) is 2. The SMILES string of the molecule is CC(=O)c1c[nH]c(C(=O)NCc2cn3ccc(C)cc3n2)c1. The van der Waals surface area contributed by atoms with Gasteiger partial charge in [0, 0.05) is 24.2 Å². The largest absolute Gasteiger partial charge is 0.356 e. The van der Waals surface area contributed by atoms with Crippen molar-refractivity contribution < 1.29 is 9.59 Å². The number of aryl methyl sites for hydroxylation is 1. The molecule has 0 spiro atoms. The molecule has 22 heavy (non-hydrogen) atoms. The Bertz CT molecular complexity index is 860. The number of pyridine rings is 1. The third kappa shape index (κ3) is 2.76. The van der Waals surface area contributed by atoms with Crippen LogP contribution in [-0.2, 0) is 6.54 Å². The summed E-state index contributed by atoms with van der Waals surface area (Å²) in [4.78, 5) is 30.5. The molecule has 3 aromatic heterocycles. The predicted molar refractivity (Wildman–Crippen MR) is 81.9 cm³/mol. The highest BCUT2D eigenvalue weighted by atomic mass is 16.2. The fourth-order valence-electron chi connectivity index (χ4n) is 2.22. The van der Waals surface area contributed by atoms with Gasteiger partial charge in [0.2, 0.25) is 0 Å². The molecule has 1 amide bonds. The number of hydrogen-bond acceptors (Lipinski definition) is 3. The summed E-state index contributed by atoms with van der Waals surface area (Å²) < 4.78 is 1.91. The number of aromatic amines is 1. The van der Waals surface area contributed by atoms with Gasteiger partial charge >= 0.3 is 0 Å². The van der Waals surface area contributed by atoms with E-state index in [1.54, 1.807) is 6.07 Å². The first-order valence-electron chi connectivity index (χ1n) is 6.95. The molecule has 0 bridgehead atoms. The number of rotatable bonds is 4. The molecule has 0 fully saturated rings. The Kier molecular flexibility index (Phi) is 3.50. The lowest BCUT2D eigenvalue weighted by atomic mass is 10.2. The molecule has 0 unspecified atom stereocenters. The van der Waals surface area contributed by atoms with Crippen LogP contribution in [0.5, 0.6) is 0 Å². The van der Waals surface area contributed by atoms with Gasteiger partial charge in [-0.15, -0.1) is 0 Å². The fourth-order valence-corrected chi connectivity index (χ4v) is 2.22. The molecule has 0 saturated carbocycles. The number of carbonyl (C=O) groups excluding carboxylic acids is 2. The highest BCUT2D eigenvalue weighted by Gasteiger charge is 2.11. The lowest BCUT2D eigenvalue weighted by Crippen LogP contribution is -2.23. The minimum Gasteiger partial charge on any atom is -0.356 e. The van der Waals surface area contributed by atoms with Crippen LogP contribution < -0.4 is 5.32 Å². The smallest absolute Gasteiger partial charge is 0.268 e. The van der Waals surface area contributed by atoms with Crippen molar-refractivity contribution in [1.29, 1.82) is 0 Å². The number of ketones is 1. The number of fused-ring (bicyclic) bond motifs is 1. The number of Topliss-reactive ketones (excluding diaryl/α,β-unsaturated/α-hetero) is 1. The van der Waals surface area contributed by atoms with E-state index in [0.29, 0.717) is 17.8 Å². The highest BCUT2D eigenvalue weighted by Crippen LogP contribution is 2.08. The Hall–Kier alpha value is -2.89. The average Bonchev–Trinajstić information content (AvgIpc) is 3.10. The van der Waals surface area contributed by atoms with Crippen LogP contribution >= 0.6 is 0 Å². The summed E-state index contributed by atoms with van der Waals surface area (Å²) in [6, 6.07) is 5.53. The zero-order valence-electron chi connectivity index (χ0n) is 12.4. The number of aromatic nitrogens is 3. The molecule has 0 saturated heterocycles. The van der Waals surface area contributed by atoms with E-state index in [9.17, 15) is 9.59 Å². The summed E-state index contributed by atoms with van der Waals surface area (Å²) in [5.41, 5.74) is 3.62. The maximum absolute atomic E-state index is 12.0. The van der Waals surface area contributed by atoms with Crippen molar-refractivity contribution in [3.05, 3.63) is 59.3 Å². The number of amides is 1. The molecule has 0 aliphatic carbocycles. The average molecular weight is 296 g/mol. The second-order valence-corrected chi connectivity index (χ2v) is 5.24. The van der Waals surface area contributed by atoms with Crippen LogP contribution in [0.25, 0.3) is 5.65 Å². The first kappa shape index (κ1) is 14.1. The van der Waals surface area contributed by atoms with E-state index in [1.807, 2.05) is 35.9 Å². The van der Waals surface area contributed by atoms with Crippen LogP contribution in [0.1, 0.15) is 39.0 Å². The number of nitrogens with one attached hydrogen (secondary N) is 2. The molecule has 0 aliphatic heterocycles. The van der Waals surface area contributed by atoms with Crippen molar-refractivity contribution in [3.63, 3.8) is 0 Å². The van der Waals surface area contributed by atoms with Crippen molar-refractivity contribution >= 4 is 17.3 Å². The van der Waals surface area contributed by atoms with Gasteiger partial charge in [0.05, 0.1) is 12.2 Å². The van der Waals surface area contributed by atoms with Crippen LogP contribution in [0.4, 0.5) is 0 Å². The Morgan fingerprint density at radius 3 is 2.91 bits per heavy atom. The molecule has 2 N–H and O–H groups in total. The van der Waals surface area contributed by atoms with Crippen molar-refractivity contribution in [2.75, 3.05) is 0 Å². The van der Waals surface area contributed by atoms with Gasteiger partial charge in [0.25, 0.3) is 5.91 Å². The molecule has 3 aromatic rings. The van der Waals surface area contributed by atoms with Crippen molar-refractivity contribution in [3.8, 4) is 0 Å². The van der Waals surface area contributed by atoms with Gasteiger partial charge in [-0.3, -0.25) is 9.59 Å². The third-order valence-corrected chi connectivity index (χ3v) is 3.43. The van der Waals surface area contributed by atoms with Gasteiger partial charge in [-0.25, -0.2) is 4.98 Å². The topological polar surface area (TPSA) is 79.3 Å². The first-order valence-corrected chi connectivity index (χ1v) is 6.95. The van der Waals surface area contributed by atoms with Crippen molar-refractivity contribution in [2.24, 2.45) is 0 Å². The van der Waals surface area contributed by atoms with Crippen LogP contribution in [0.15, 0.2) is 36.8 Å². The van der Waals surface area contributed by atoms with E-state index >= 15 is 0 Å². The van der Waals surface area contributed by atoms with Crippen LogP contribution in [0.2, 0.25) is 0 Å². The van der Waals surface area contributed by atoms with E-state index < -0.39 is 0 Å². The van der Waals surface area contributed by atoms with Gasteiger partial charge in [0.1, 0.15) is 11.3 Å². The number of H-pyrrole nitrogens is 1. The summed E-state index contributed by atoms with van der Waals surface area (Å²) in [6.07, 6.45) is 5.35. The molecule has 112 valence electrons. The zero-order valence-corrected chi connectivity index (χ0v) is 12.4. The standard InChI is InChI=1S/C16H16N4O2/c1-10-3-4-20-9-13(19-15(20)5-10)8-18-16(22)14-6-12(7-17-14)11(2)21/h3-7,9,17H,8H2,1-2H3,(H,18,22). The zero-order chi connectivity index (χ0) is 15.7. The van der Waals surface area contributed by atoms with Gasteiger partial charge in [-0.1, -0.05) is 0 Å². The summed E-state index contributed by atoms with van der Waals surface area (Å²) in [7, 11) is 0. The lowest BCUT2D eigenvalue weighted by Gasteiger charge is -2.00. The Balaban J connectivity index is 1.70. The molecule has 0 radical (unpaired) electrons.